The van der Waals surface area contributed by atoms with E-state index in [1.54, 1.807) is 14.2 Å². The predicted octanol–water partition coefficient (Wildman–Crippen LogP) is 3.26. The van der Waals surface area contributed by atoms with Gasteiger partial charge in [-0.25, -0.2) is 0 Å². The van der Waals surface area contributed by atoms with Crippen LogP contribution < -0.4 is 20.1 Å². The minimum Gasteiger partial charge on any atom is -0.493 e. The van der Waals surface area contributed by atoms with Crippen LogP contribution >= 0.6 is 12.2 Å². The summed E-state index contributed by atoms with van der Waals surface area (Å²) in [5.74, 6) is 1.43. The van der Waals surface area contributed by atoms with E-state index in [1.165, 1.54) is 0 Å². The van der Waals surface area contributed by atoms with E-state index in [2.05, 4.69) is 15.7 Å². The quantitative estimate of drug-likeness (QED) is 0.769. The summed E-state index contributed by atoms with van der Waals surface area (Å²) in [6, 6.07) is 6.16. The zero-order valence-electron chi connectivity index (χ0n) is 15.6. The zero-order chi connectivity index (χ0) is 18.6. The number of benzene rings is 1. The lowest BCUT2D eigenvalue weighted by atomic mass is 10.2. The molecule has 6 nitrogen and oxygen atoms in total. The van der Waals surface area contributed by atoms with Gasteiger partial charge in [0.1, 0.15) is 0 Å². The first kappa shape index (κ1) is 19.1. The highest BCUT2D eigenvalue weighted by molar-refractivity contribution is 7.80. The van der Waals surface area contributed by atoms with E-state index in [1.807, 2.05) is 50.6 Å². The van der Waals surface area contributed by atoms with Gasteiger partial charge in [0, 0.05) is 6.04 Å². The third-order valence-corrected chi connectivity index (χ3v) is 4.04. The molecule has 0 aliphatic carbocycles. The SMILES string of the molecule is COc1ccc(Cn2nc(C)c(NC(=S)NC(C)C)c2C)cc1OC. The number of anilines is 1. The van der Waals surface area contributed by atoms with E-state index >= 15 is 0 Å². The molecule has 0 aliphatic heterocycles. The number of hydrogen-bond donors (Lipinski definition) is 2. The molecule has 0 amide bonds. The fourth-order valence-electron chi connectivity index (χ4n) is 2.60. The van der Waals surface area contributed by atoms with Gasteiger partial charge in [-0.3, -0.25) is 4.68 Å². The van der Waals surface area contributed by atoms with E-state index in [-0.39, 0.29) is 6.04 Å². The van der Waals surface area contributed by atoms with E-state index < -0.39 is 0 Å². The normalized spacial score (nSPS) is 10.7. The van der Waals surface area contributed by atoms with Crippen LogP contribution in [0.2, 0.25) is 0 Å². The third kappa shape index (κ3) is 4.63. The number of ether oxygens (including phenoxy) is 2. The Kier molecular flexibility index (Phi) is 6.25. The fourth-order valence-corrected chi connectivity index (χ4v) is 2.93. The molecule has 1 heterocycles. The van der Waals surface area contributed by atoms with Gasteiger partial charge in [0.2, 0.25) is 0 Å². The van der Waals surface area contributed by atoms with E-state index in [9.17, 15) is 0 Å². The summed E-state index contributed by atoms with van der Waals surface area (Å²) in [6.07, 6.45) is 0. The van der Waals surface area contributed by atoms with Crippen LogP contribution in [0.3, 0.4) is 0 Å². The van der Waals surface area contributed by atoms with Crippen LogP contribution in [0.5, 0.6) is 11.5 Å². The predicted molar refractivity (Wildman–Crippen MR) is 105 cm³/mol. The molecule has 0 unspecified atom stereocenters. The molecule has 136 valence electrons. The van der Waals surface area contributed by atoms with Crippen LogP contribution in [-0.2, 0) is 6.54 Å². The van der Waals surface area contributed by atoms with Crippen LogP contribution in [-0.4, -0.2) is 35.2 Å². The van der Waals surface area contributed by atoms with Crippen molar-refractivity contribution in [2.45, 2.75) is 40.3 Å². The van der Waals surface area contributed by atoms with Crippen molar-refractivity contribution >= 4 is 23.0 Å². The number of methoxy groups -OCH3 is 2. The van der Waals surface area contributed by atoms with Gasteiger partial charge in [-0.1, -0.05) is 6.07 Å². The Morgan fingerprint density at radius 2 is 1.88 bits per heavy atom. The molecule has 1 aromatic carbocycles. The maximum Gasteiger partial charge on any atom is 0.171 e. The summed E-state index contributed by atoms with van der Waals surface area (Å²) >= 11 is 5.34. The summed E-state index contributed by atoms with van der Waals surface area (Å²) < 4.78 is 12.6. The van der Waals surface area contributed by atoms with Crippen LogP contribution in [0.1, 0.15) is 30.8 Å². The molecular weight excluding hydrogens is 336 g/mol. The van der Waals surface area contributed by atoms with Crippen molar-refractivity contribution in [2.75, 3.05) is 19.5 Å². The number of aryl methyl sites for hydroxylation is 1. The Morgan fingerprint density at radius 1 is 1.20 bits per heavy atom. The van der Waals surface area contributed by atoms with Crippen molar-refractivity contribution in [3.8, 4) is 11.5 Å². The topological polar surface area (TPSA) is 60.3 Å². The molecule has 0 spiro atoms. The Morgan fingerprint density at radius 3 is 2.48 bits per heavy atom. The van der Waals surface area contributed by atoms with E-state index in [0.29, 0.717) is 23.2 Å². The minimum absolute atomic E-state index is 0.280. The first-order valence-corrected chi connectivity index (χ1v) is 8.59. The molecule has 0 atom stereocenters. The van der Waals surface area contributed by atoms with Gasteiger partial charge in [0.05, 0.1) is 37.8 Å². The standard InChI is InChI=1S/C18H26N4O2S/c1-11(2)19-18(25)20-17-12(3)21-22(13(17)4)10-14-7-8-15(23-5)16(9-14)24-6/h7-9,11H,10H2,1-6H3,(H2,19,20,25). The molecule has 0 bridgehead atoms. The smallest absolute Gasteiger partial charge is 0.171 e. The number of nitrogens with zero attached hydrogens (tertiary/aromatic N) is 2. The van der Waals surface area contributed by atoms with Gasteiger partial charge in [-0.05, 0) is 57.6 Å². The molecule has 1 aromatic heterocycles. The number of thiocarbonyl (C=S) groups is 1. The first-order chi connectivity index (χ1) is 11.8. The maximum absolute atomic E-state index is 5.37. The Hall–Kier alpha value is -2.28. The van der Waals surface area contributed by atoms with Gasteiger partial charge >= 0.3 is 0 Å². The molecule has 0 saturated carbocycles. The lowest BCUT2D eigenvalue weighted by Gasteiger charge is -2.13. The van der Waals surface area contributed by atoms with Crippen molar-refractivity contribution < 1.29 is 9.47 Å². The average molecular weight is 362 g/mol. The molecule has 0 fully saturated rings. The van der Waals surface area contributed by atoms with Crippen LogP contribution in [0.4, 0.5) is 5.69 Å². The molecule has 2 aromatic rings. The van der Waals surface area contributed by atoms with Crippen molar-refractivity contribution in [1.29, 1.82) is 0 Å². The molecule has 7 heteroatoms. The van der Waals surface area contributed by atoms with E-state index in [0.717, 1.165) is 22.6 Å². The van der Waals surface area contributed by atoms with Crippen LogP contribution in [0.15, 0.2) is 18.2 Å². The second-order valence-corrected chi connectivity index (χ2v) is 6.55. The summed E-state index contributed by atoms with van der Waals surface area (Å²) in [5.41, 5.74) is 3.96. The van der Waals surface area contributed by atoms with Gasteiger partial charge in [-0.15, -0.1) is 0 Å². The van der Waals surface area contributed by atoms with Crippen molar-refractivity contribution in [2.24, 2.45) is 0 Å². The maximum atomic E-state index is 5.37. The Bertz CT molecular complexity index is 756. The second kappa shape index (κ2) is 8.20. The van der Waals surface area contributed by atoms with Gasteiger partial charge in [-0.2, -0.15) is 5.10 Å². The number of rotatable bonds is 6. The third-order valence-electron chi connectivity index (χ3n) is 3.82. The Labute approximate surface area is 154 Å². The van der Waals surface area contributed by atoms with Gasteiger partial charge in [0.15, 0.2) is 16.6 Å². The van der Waals surface area contributed by atoms with E-state index in [4.69, 9.17) is 21.7 Å². The van der Waals surface area contributed by atoms with Gasteiger partial charge < -0.3 is 20.1 Å². The number of aromatic nitrogens is 2. The van der Waals surface area contributed by atoms with Crippen molar-refractivity contribution in [3.05, 3.63) is 35.2 Å². The number of hydrogen-bond acceptors (Lipinski definition) is 4. The molecule has 2 N–H and O–H groups in total. The molecule has 25 heavy (non-hydrogen) atoms. The molecule has 0 aliphatic rings. The molecule has 2 rings (SSSR count). The Balaban J connectivity index is 2.21. The lowest BCUT2D eigenvalue weighted by Crippen LogP contribution is -2.34. The van der Waals surface area contributed by atoms with Crippen molar-refractivity contribution in [1.82, 2.24) is 15.1 Å². The highest BCUT2D eigenvalue weighted by Crippen LogP contribution is 2.28. The summed E-state index contributed by atoms with van der Waals surface area (Å²) in [5, 5.41) is 11.7. The van der Waals surface area contributed by atoms with Crippen molar-refractivity contribution in [3.63, 3.8) is 0 Å². The summed E-state index contributed by atoms with van der Waals surface area (Å²) in [7, 11) is 3.26. The molecular formula is C18H26N4O2S. The number of nitrogens with one attached hydrogen (secondary N) is 2. The van der Waals surface area contributed by atoms with Crippen LogP contribution in [0, 0.1) is 13.8 Å². The van der Waals surface area contributed by atoms with Crippen LogP contribution in [0.25, 0.3) is 0 Å². The highest BCUT2D eigenvalue weighted by Gasteiger charge is 2.14. The first-order valence-electron chi connectivity index (χ1n) is 8.18. The minimum atomic E-state index is 0.280. The largest absolute Gasteiger partial charge is 0.493 e. The monoisotopic (exact) mass is 362 g/mol. The molecule has 0 saturated heterocycles. The second-order valence-electron chi connectivity index (χ2n) is 6.15. The average Bonchev–Trinajstić information content (AvgIpc) is 2.81. The fraction of sp³-hybridized carbons (Fsp3) is 0.444. The summed E-state index contributed by atoms with van der Waals surface area (Å²) in [4.78, 5) is 0. The zero-order valence-corrected chi connectivity index (χ0v) is 16.5. The lowest BCUT2D eigenvalue weighted by molar-refractivity contribution is 0.354. The summed E-state index contributed by atoms with van der Waals surface area (Å²) in [6.45, 7) is 8.74. The molecule has 0 radical (unpaired) electrons. The van der Waals surface area contributed by atoms with Gasteiger partial charge in [0.25, 0.3) is 0 Å². The highest BCUT2D eigenvalue weighted by atomic mass is 32.1.